The molecule has 0 aromatic heterocycles. The highest BCUT2D eigenvalue weighted by Gasteiger charge is 2.62. The van der Waals surface area contributed by atoms with Gasteiger partial charge < -0.3 is 15.5 Å². The van der Waals surface area contributed by atoms with Crippen molar-refractivity contribution in [2.24, 2.45) is 5.16 Å². The fourth-order valence-corrected chi connectivity index (χ4v) is 4.69. The van der Waals surface area contributed by atoms with Crippen molar-refractivity contribution in [1.29, 1.82) is 0 Å². The van der Waals surface area contributed by atoms with E-state index < -0.39 is 24.1 Å². The van der Waals surface area contributed by atoms with Gasteiger partial charge in [-0.2, -0.15) is 13.2 Å². The van der Waals surface area contributed by atoms with E-state index >= 15 is 0 Å². The summed E-state index contributed by atoms with van der Waals surface area (Å²) in [6.45, 7) is 2.21. The monoisotopic (exact) mass is 551 g/mol. The average Bonchev–Trinajstić information content (AvgIpc) is 3.32. The van der Waals surface area contributed by atoms with Crippen LogP contribution in [0.4, 0.5) is 13.2 Å². The molecule has 1 aliphatic rings. The number of amides is 2. The molecule has 2 amide bonds. The number of hydrogen-bond donors (Lipinski definition) is 2. The number of carbonyl (C=O) groups excluding carboxylic acids is 2. The van der Waals surface area contributed by atoms with Gasteiger partial charge in [-0.25, -0.2) is 0 Å². The van der Waals surface area contributed by atoms with Crippen LogP contribution in [0.5, 0.6) is 0 Å². The topological polar surface area (TPSA) is 79.8 Å². The molecule has 1 atom stereocenters. The summed E-state index contributed by atoms with van der Waals surface area (Å²) in [7, 11) is 0. The molecule has 0 fully saturated rings. The Morgan fingerprint density at radius 2 is 1.70 bits per heavy atom. The summed E-state index contributed by atoms with van der Waals surface area (Å²) >= 11 is 12.0. The summed E-state index contributed by atoms with van der Waals surface area (Å²) in [4.78, 5) is 29.8. The van der Waals surface area contributed by atoms with Crippen molar-refractivity contribution in [3.63, 3.8) is 0 Å². The van der Waals surface area contributed by atoms with Gasteiger partial charge in [0, 0.05) is 39.7 Å². The number of halogens is 5. The zero-order valence-corrected chi connectivity index (χ0v) is 21.1. The Labute approximate surface area is 220 Å². The molecule has 0 radical (unpaired) electrons. The lowest BCUT2D eigenvalue weighted by atomic mass is 9.85. The Hall–Kier alpha value is -3.30. The van der Waals surface area contributed by atoms with Crippen LogP contribution >= 0.6 is 23.2 Å². The molecular weight excluding hydrogens is 530 g/mol. The number of carbonyl (C=O) groups is 2. The van der Waals surface area contributed by atoms with E-state index in [2.05, 4.69) is 15.8 Å². The molecule has 2 N–H and O–H groups in total. The molecule has 37 heavy (non-hydrogen) atoms. The molecule has 0 bridgehead atoms. The smallest absolute Gasteiger partial charge is 0.374 e. The van der Waals surface area contributed by atoms with Gasteiger partial charge in [0.15, 0.2) is 0 Å². The standard InChI is InChI=1S/C26H22Cl2F3N3O3/c1-2-9-32-23(35)14-33-24(36)21-8-7-20(18-5-3-4-6-19(18)21)22-13-25(37-34-22,26(29,30)31)15-10-16(27)12-17(28)11-15/h3-8,10-12H,2,9,13-14H2,1H3,(H,32,35)(H,33,36). The fourth-order valence-electron chi connectivity index (χ4n) is 4.17. The highest BCUT2D eigenvalue weighted by Crippen LogP contribution is 2.50. The normalized spacial score (nSPS) is 17.3. The molecule has 1 unspecified atom stereocenters. The second-order valence-corrected chi connectivity index (χ2v) is 9.40. The van der Waals surface area contributed by atoms with Gasteiger partial charge in [-0.05, 0) is 41.5 Å². The van der Waals surface area contributed by atoms with Crippen molar-refractivity contribution in [3.05, 3.63) is 81.3 Å². The summed E-state index contributed by atoms with van der Waals surface area (Å²) in [5.74, 6) is -0.810. The molecule has 0 spiro atoms. The summed E-state index contributed by atoms with van der Waals surface area (Å²) in [5, 5.41) is 10.1. The first-order valence-corrected chi connectivity index (χ1v) is 12.2. The van der Waals surface area contributed by atoms with Crippen LogP contribution in [0.2, 0.25) is 10.0 Å². The minimum absolute atomic E-state index is 0.0346. The molecule has 3 aromatic rings. The van der Waals surface area contributed by atoms with Crippen LogP contribution < -0.4 is 10.6 Å². The average molecular weight is 552 g/mol. The van der Waals surface area contributed by atoms with Crippen molar-refractivity contribution < 1.29 is 27.6 Å². The van der Waals surface area contributed by atoms with Gasteiger partial charge in [0.05, 0.1) is 12.3 Å². The van der Waals surface area contributed by atoms with Gasteiger partial charge in [0.2, 0.25) is 5.91 Å². The zero-order valence-electron chi connectivity index (χ0n) is 19.6. The first-order valence-electron chi connectivity index (χ1n) is 11.4. The Bertz CT molecular complexity index is 1370. The largest absolute Gasteiger partial charge is 0.435 e. The van der Waals surface area contributed by atoms with E-state index in [1.807, 2.05) is 6.92 Å². The van der Waals surface area contributed by atoms with E-state index in [9.17, 15) is 22.8 Å². The van der Waals surface area contributed by atoms with Gasteiger partial charge in [0.1, 0.15) is 0 Å². The van der Waals surface area contributed by atoms with Crippen molar-refractivity contribution in [2.75, 3.05) is 13.1 Å². The second kappa shape index (κ2) is 10.6. The SMILES string of the molecule is CCCNC(=O)CNC(=O)c1ccc(C2=NOC(c3cc(Cl)cc(Cl)c3)(C(F)(F)F)C2)c2ccccc12. The molecule has 194 valence electrons. The van der Waals surface area contributed by atoms with Crippen LogP contribution in [0.15, 0.2) is 59.8 Å². The predicted octanol–water partition coefficient (Wildman–Crippen LogP) is 5.98. The first kappa shape index (κ1) is 26.8. The number of nitrogens with zero attached hydrogens (tertiary/aromatic N) is 1. The van der Waals surface area contributed by atoms with E-state index in [-0.39, 0.29) is 39.3 Å². The lowest BCUT2D eigenvalue weighted by molar-refractivity contribution is -0.275. The van der Waals surface area contributed by atoms with Gasteiger partial charge in [-0.1, -0.05) is 65.6 Å². The Morgan fingerprint density at radius 1 is 1.03 bits per heavy atom. The summed E-state index contributed by atoms with van der Waals surface area (Å²) < 4.78 is 43.2. The second-order valence-electron chi connectivity index (χ2n) is 8.53. The molecule has 4 rings (SSSR count). The van der Waals surface area contributed by atoms with Crippen LogP contribution in [-0.4, -0.2) is 36.8 Å². The summed E-state index contributed by atoms with van der Waals surface area (Å²) in [6, 6.07) is 13.4. The van der Waals surface area contributed by atoms with E-state index in [0.717, 1.165) is 18.6 Å². The first-order chi connectivity index (χ1) is 17.6. The third kappa shape index (κ3) is 5.38. The lowest BCUT2D eigenvalue weighted by Crippen LogP contribution is -2.42. The van der Waals surface area contributed by atoms with Crippen LogP contribution in [0.3, 0.4) is 0 Å². The van der Waals surface area contributed by atoms with Crippen LogP contribution in [0.1, 0.15) is 41.3 Å². The minimum atomic E-state index is -4.83. The maximum atomic E-state index is 14.4. The van der Waals surface area contributed by atoms with E-state index in [1.54, 1.807) is 24.3 Å². The van der Waals surface area contributed by atoms with Crippen molar-refractivity contribution in [3.8, 4) is 0 Å². The molecule has 1 aliphatic heterocycles. The molecule has 0 saturated heterocycles. The molecule has 0 saturated carbocycles. The Morgan fingerprint density at radius 3 is 2.35 bits per heavy atom. The molecule has 6 nitrogen and oxygen atoms in total. The van der Waals surface area contributed by atoms with Crippen LogP contribution in [-0.2, 0) is 15.2 Å². The lowest BCUT2D eigenvalue weighted by Gasteiger charge is -2.29. The van der Waals surface area contributed by atoms with Crippen molar-refractivity contribution in [2.45, 2.75) is 31.5 Å². The highest BCUT2D eigenvalue weighted by atomic mass is 35.5. The number of fused-ring (bicyclic) bond motifs is 1. The number of nitrogens with one attached hydrogen (secondary N) is 2. The van der Waals surface area contributed by atoms with Crippen molar-refractivity contribution in [1.82, 2.24) is 10.6 Å². The highest BCUT2D eigenvalue weighted by molar-refractivity contribution is 6.34. The maximum absolute atomic E-state index is 14.4. The van der Waals surface area contributed by atoms with E-state index in [1.165, 1.54) is 18.2 Å². The number of alkyl halides is 3. The molecule has 0 aliphatic carbocycles. The Balaban J connectivity index is 1.67. The number of rotatable bonds is 7. The van der Waals surface area contributed by atoms with Crippen molar-refractivity contribution >= 4 is 51.5 Å². The summed E-state index contributed by atoms with van der Waals surface area (Å²) in [6.07, 6.45) is -4.69. The number of oxime groups is 1. The quantitative estimate of drug-likeness (QED) is 0.378. The van der Waals surface area contributed by atoms with Crippen LogP contribution in [0, 0.1) is 0 Å². The van der Waals surface area contributed by atoms with E-state index in [4.69, 9.17) is 28.0 Å². The number of benzene rings is 3. The minimum Gasteiger partial charge on any atom is -0.374 e. The molecule has 11 heteroatoms. The Kier molecular flexibility index (Phi) is 7.66. The maximum Gasteiger partial charge on any atom is 0.435 e. The van der Waals surface area contributed by atoms with Gasteiger partial charge in [-0.3, -0.25) is 9.59 Å². The fraction of sp³-hybridized carbons (Fsp3) is 0.269. The number of hydrogen-bond acceptors (Lipinski definition) is 4. The van der Waals surface area contributed by atoms with E-state index in [0.29, 0.717) is 22.9 Å². The van der Waals surface area contributed by atoms with Crippen LogP contribution in [0.25, 0.3) is 10.8 Å². The third-order valence-electron chi connectivity index (χ3n) is 5.98. The summed E-state index contributed by atoms with van der Waals surface area (Å²) in [5.41, 5.74) is -2.34. The molecular formula is C26H22Cl2F3N3O3. The predicted molar refractivity (Wildman–Crippen MR) is 136 cm³/mol. The zero-order chi connectivity index (χ0) is 26.8. The third-order valence-corrected chi connectivity index (χ3v) is 6.41. The molecule has 3 aromatic carbocycles. The molecule has 1 heterocycles. The van der Waals surface area contributed by atoms with Gasteiger partial charge in [0.25, 0.3) is 11.5 Å². The van der Waals surface area contributed by atoms with Gasteiger partial charge >= 0.3 is 6.18 Å². The van der Waals surface area contributed by atoms with Gasteiger partial charge in [-0.15, -0.1) is 0 Å².